The Balaban J connectivity index is 1.82. The topological polar surface area (TPSA) is 105 Å². The Bertz CT molecular complexity index is 900. The van der Waals surface area contributed by atoms with E-state index < -0.39 is 0 Å². The molecule has 154 valence electrons. The summed E-state index contributed by atoms with van der Waals surface area (Å²) in [6.45, 7) is 6.32. The number of carbonyl (C=O) groups is 1. The summed E-state index contributed by atoms with van der Waals surface area (Å²) < 4.78 is 5.06. The first-order valence-corrected chi connectivity index (χ1v) is 9.91. The van der Waals surface area contributed by atoms with Gasteiger partial charge in [0.15, 0.2) is 5.82 Å². The van der Waals surface area contributed by atoms with Crippen LogP contribution in [-0.4, -0.2) is 42.7 Å². The molecule has 0 spiro atoms. The fourth-order valence-electron chi connectivity index (χ4n) is 3.37. The number of aromatic amines is 1. The van der Waals surface area contributed by atoms with Gasteiger partial charge in [-0.1, -0.05) is 18.7 Å². The van der Waals surface area contributed by atoms with Crippen molar-refractivity contribution in [3.63, 3.8) is 0 Å². The highest BCUT2D eigenvalue weighted by Gasteiger charge is 2.16. The van der Waals surface area contributed by atoms with Gasteiger partial charge in [-0.05, 0) is 54.5 Å². The summed E-state index contributed by atoms with van der Waals surface area (Å²) >= 11 is 0. The number of aromatic nitrogens is 2. The molecule has 0 bridgehead atoms. The second-order valence-electron chi connectivity index (χ2n) is 7.15. The highest BCUT2D eigenvalue weighted by atomic mass is 16.5. The maximum Gasteiger partial charge on any atom is 0.291 e. The summed E-state index contributed by atoms with van der Waals surface area (Å²) in [5.41, 5.74) is 10.7. The summed E-state index contributed by atoms with van der Waals surface area (Å²) in [7, 11) is 1.69. The van der Waals surface area contributed by atoms with E-state index >= 15 is 0 Å². The van der Waals surface area contributed by atoms with Gasteiger partial charge in [0.25, 0.3) is 5.91 Å². The number of H-pyrrole nitrogens is 1. The highest BCUT2D eigenvalue weighted by molar-refractivity contribution is 6.03. The average Bonchev–Trinajstić information content (AvgIpc) is 3.18. The van der Waals surface area contributed by atoms with Gasteiger partial charge in [-0.2, -0.15) is 0 Å². The molecule has 0 atom stereocenters. The van der Waals surface area contributed by atoms with Crippen molar-refractivity contribution in [2.45, 2.75) is 25.7 Å². The minimum atomic E-state index is -0.313. The molecule has 7 nitrogen and oxygen atoms in total. The van der Waals surface area contributed by atoms with Gasteiger partial charge in [0, 0.05) is 31.5 Å². The molecular formula is C22H29N5O2. The summed E-state index contributed by atoms with van der Waals surface area (Å²) in [5, 5.41) is 6.29. The molecule has 1 heterocycles. The number of rotatable bonds is 9. The first kappa shape index (κ1) is 20.8. The minimum Gasteiger partial charge on any atom is -0.384 e. The predicted octanol–water partition coefficient (Wildman–Crippen LogP) is 3.45. The third-order valence-electron chi connectivity index (χ3n) is 4.94. The van der Waals surface area contributed by atoms with E-state index in [4.69, 9.17) is 10.5 Å². The highest BCUT2D eigenvalue weighted by Crippen LogP contribution is 2.33. The van der Waals surface area contributed by atoms with E-state index in [2.05, 4.69) is 39.3 Å². The lowest BCUT2D eigenvalue weighted by atomic mass is 9.90. The number of hydrogen-bond donors (Lipinski definition) is 4. The number of allylic oxidation sites excluding steroid dienone is 2. The molecular weight excluding hydrogens is 366 g/mol. The zero-order valence-electron chi connectivity index (χ0n) is 16.9. The second kappa shape index (κ2) is 10.0. The molecule has 2 aromatic rings. The zero-order chi connectivity index (χ0) is 20.6. The van der Waals surface area contributed by atoms with Crippen molar-refractivity contribution in [2.75, 3.05) is 37.9 Å². The summed E-state index contributed by atoms with van der Waals surface area (Å²) in [4.78, 5) is 19.3. The smallest absolute Gasteiger partial charge is 0.291 e. The van der Waals surface area contributed by atoms with Gasteiger partial charge >= 0.3 is 0 Å². The van der Waals surface area contributed by atoms with Crippen LogP contribution in [0, 0.1) is 0 Å². The molecule has 0 saturated heterocycles. The van der Waals surface area contributed by atoms with E-state index in [1.807, 2.05) is 12.1 Å². The van der Waals surface area contributed by atoms with E-state index in [-0.39, 0.29) is 11.7 Å². The Morgan fingerprint density at radius 1 is 1.38 bits per heavy atom. The van der Waals surface area contributed by atoms with Crippen molar-refractivity contribution >= 4 is 28.6 Å². The SMILES string of the molecule is C=C(CNCCOC)c1ccc(NC(=O)c2ncc(N)[nH]2)c(C2=CCCCC2)c1. The molecule has 1 amide bonds. The van der Waals surface area contributed by atoms with Gasteiger partial charge in [-0.15, -0.1) is 0 Å². The third kappa shape index (κ3) is 5.56. The largest absolute Gasteiger partial charge is 0.384 e. The van der Waals surface area contributed by atoms with Crippen LogP contribution in [0.2, 0.25) is 0 Å². The molecule has 0 fully saturated rings. The quantitative estimate of drug-likeness (QED) is 0.487. The van der Waals surface area contributed by atoms with E-state index in [9.17, 15) is 4.79 Å². The monoisotopic (exact) mass is 395 g/mol. The number of nitrogen functional groups attached to an aromatic ring is 1. The lowest BCUT2D eigenvalue weighted by Gasteiger charge is -2.19. The number of benzene rings is 1. The van der Waals surface area contributed by atoms with Crippen LogP contribution in [0.3, 0.4) is 0 Å². The number of carbonyl (C=O) groups excluding carboxylic acids is 1. The lowest BCUT2D eigenvalue weighted by Crippen LogP contribution is -2.21. The van der Waals surface area contributed by atoms with Gasteiger partial charge in [-0.25, -0.2) is 4.98 Å². The van der Waals surface area contributed by atoms with Crippen molar-refractivity contribution in [1.29, 1.82) is 0 Å². The molecule has 29 heavy (non-hydrogen) atoms. The lowest BCUT2D eigenvalue weighted by molar-refractivity contribution is 0.101. The maximum atomic E-state index is 12.6. The number of nitrogens with one attached hydrogen (secondary N) is 3. The van der Waals surface area contributed by atoms with Crippen molar-refractivity contribution in [1.82, 2.24) is 15.3 Å². The van der Waals surface area contributed by atoms with Crippen molar-refractivity contribution < 1.29 is 9.53 Å². The Morgan fingerprint density at radius 2 is 2.24 bits per heavy atom. The number of amides is 1. The number of ether oxygens (including phenoxy) is 1. The second-order valence-corrected chi connectivity index (χ2v) is 7.15. The van der Waals surface area contributed by atoms with E-state index in [0.717, 1.165) is 48.2 Å². The van der Waals surface area contributed by atoms with Crippen LogP contribution in [-0.2, 0) is 4.74 Å². The van der Waals surface area contributed by atoms with Crippen molar-refractivity contribution in [3.8, 4) is 0 Å². The minimum absolute atomic E-state index is 0.196. The van der Waals surface area contributed by atoms with Gasteiger partial charge in [0.1, 0.15) is 5.82 Å². The molecule has 1 aromatic heterocycles. The van der Waals surface area contributed by atoms with E-state index in [1.165, 1.54) is 18.2 Å². The molecule has 5 N–H and O–H groups in total. The molecule has 1 aliphatic rings. The number of anilines is 2. The Hall–Kier alpha value is -2.90. The molecule has 7 heteroatoms. The van der Waals surface area contributed by atoms with Gasteiger partial charge in [0.05, 0.1) is 12.8 Å². The summed E-state index contributed by atoms with van der Waals surface area (Å²) in [6.07, 6.45) is 8.11. The van der Waals surface area contributed by atoms with E-state index in [1.54, 1.807) is 7.11 Å². The number of methoxy groups -OCH3 is 1. The fraction of sp³-hybridized carbons (Fsp3) is 0.364. The average molecular weight is 396 g/mol. The van der Waals surface area contributed by atoms with Crippen LogP contribution in [0.25, 0.3) is 11.1 Å². The third-order valence-corrected chi connectivity index (χ3v) is 4.94. The zero-order valence-corrected chi connectivity index (χ0v) is 16.9. The van der Waals surface area contributed by atoms with Crippen molar-refractivity contribution in [3.05, 3.63) is 54.0 Å². The normalized spacial score (nSPS) is 13.8. The molecule has 0 radical (unpaired) electrons. The Kier molecular flexibility index (Phi) is 7.21. The summed E-state index contributed by atoms with van der Waals surface area (Å²) in [6, 6.07) is 6.04. The van der Waals surface area contributed by atoms with Gasteiger partial charge < -0.3 is 26.1 Å². The molecule has 0 aliphatic heterocycles. The van der Waals surface area contributed by atoms with Crippen LogP contribution in [0.15, 0.2) is 37.1 Å². The number of hydrogen-bond acceptors (Lipinski definition) is 5. The Morgan fingerprint density at radius 3 is 2.93 bits per heavy atom. The fourth-order valence-corrected chi connectivity index (χ4v) is 3.37. The van der Waals surface area contributed by atoms with Crippen LogP contribution in [0.4, 0.5) is 11.5 Å². The van der Waals surface area contributed by atoms with Crippen LogP contribution < -0.4 is 16.4 Å². The predicted molar refractivity (Wildman–Crippen MR) is 118 cm³/mol. The standard InChI is InChI=1S/C22H29N5O2/c1-15(13-24-10-11-29-2)17-8-9-19(18(12-17)16-6-4-3-5-7-16)26-22(28)21-25-14-20(23)27-21/h6,8-9,12,14,24H,1,3-5,7,10-11,13,23H2,2H3,(H,25,27)(H,26,28). The molecule has 0 saturated carbocycles. The Labute approximate surface area is 171 Å². The van der Waals surface area contributed by atoms with E-state index in [0.29, 0.717) is 19.0 Å². The first-order chi connectivity index (χ1) is 14.1. The van der Waals surface area contributed by atoms with Gasteiger partial charge in [0.2, 0.25) is 0 Å². The molecule has 3 rings (SSSR count). The van der Waals surface area contributed by atoms with Crippen LogP contribution in [0.1, 0.15) is 47.4 Å². The van der Waals surface area contributed by atoms with Crippen LogP contribution in [0.5, 0.6) is 0 Å². The maximum absolute atomic E-state index is 12.6. The first-order valence-electron chi connectivity index (χ1n) is 9.91. The molecule has 1 aliphatic carbocycles. The number of nitrogens with zero attached hydrogens (tertiary/aromatic N) is 1. The molecule has 1 aromatic carbocycles. The summed E-state index contributed by atoms with van der Waals surface area (Å²) in [5.74, 6) is 0.243. The van der Waals surface area contributed by atoms with Crippen LogP contribution >= 0.6 is 0 Å². The number of nitrogens with two attached hydrogens (primary N) is 1. The molecule has 0 unspecified atom stereocenters. The van der Waals surface area contributed by atoms with Crippen molar-refractivity contribution in [2.24, 2.45) is 0 Å². The van der Waals surface area contributed by atoms with Gasteiger partial charge in [-0.3, -0.25) is 4.79 Å². The number of imidazole rings is 1.